The van der Waals surface area contributed by atoms with Crippen LogP contribution in [0.1, 0.15) is 0 Å². The Bertz CT molecular complexity index is 3400. The van der Waals surface area contributed by atoms with Gasteiger partial charge in [-0.2, -0.15) is 0 Å². The van der Waals surface area contributed by atoms with E-state index in [1.807, 2.05) is 30.3 Å². The average Bonchev–Trinajstić information content (AvgIpc) is 3.63. The van der Waals surface area contributed by atoms with Crippen LogP contribution in [0.25, 0.3) is 116 Å². The van der Waals surface area contributed by atoms with E-state index < -0.39 is 0 Å². The third-order valence-corrected chi connectivity index (χ3v) is 11.6. The van der Waals surface area contributed by atoms with Crippen LogP contribution in [0.5, 0.6) is 0 Å². The lowest BCUT2D eigenvalue weighted by Gasteiger charge is -2.18. The van der Waals surface area contributed by atoms with E-state index in [1.54, 1.807) is 0 Å². The van der Waals surface area contributed by atoms with Crippen molar-refractivity contribution in [1.29, 1.82) is 0 Å². The molecule has 0 bridgehead atoms. The molecule has 0 spiro atoms. The summed E-state index contributed by atoms with van der Waals surface area (Å²) in [5.41, 5.74) is 12.6. The van der Waals surface area contributed by atoms with Gasteiger partial charge in [-0.3, -0.25) is 0 Å². The van der Waals surface area contributed by atoms with E-state index in [1.165, 1.54) is 71.2 Å². The predicted molar refractivity (Wildman–Crippen MR) is 235 cm³/mol. The van der Waals surface area contributed by atoms with Crippen molar-refractivity contribution in [2.75, 3.05) is 0 Å². The van der Waals surface area contributed by atoms with Gasteiger partial charge in [-0.15, -0.1) is 0 Å². The molecule has 0 saturated heterocycles. The maximum absolute atomic E-state index is 5.07. The zero-order valence-electron chi connectivity index (χ0n) is 30.8. The fraction of sp³-hybridized carbons (Fsp3) is 0. The summed E-state index contributed by atoms with van der Waals surface area (Å²) in [4.78, 5) is 15.1. The molecular weight excluding hydrogens is 693 g/mol. The third kappa shape index (κ3) is 4.91. The van der Waals surface area contributed by atoms with E-state index in [-0.39, 0.29) is 0 Å². The molecule has 0 atom stereocenters. The second-order valence-electron chi connectivity index (χ2n) is 14.8. The van der Waals surface area contributed by atoms with E-state index in [2.05, 4.69) is 168 Å². The summed E-state index contributed by atoms with van der Waals surface area (Å²) >= 11 is 0. The van der Waals surface area contributed by atoms with Crippen LogP contribution >= 0.6 is 0 Å². The number of nitrogens with zero attached hydrogens (tertiary/aromatic N) is 4. The summed E-state index contributed by atoms with van der Waals surface area (Å²) in [5.74, 6) is 1.93. The zero-order valence-corrected chi connectivity index (χ0v) is 30.8. The van der Waals surface area contributed by atoms with Gasteiger partial charge in [0.1, 0.15) is 0 Å². The minimum atomic E-state index is 0.637. The van der Waals surface area contributed by atoms with Gasteiger partial charge in [-0.05, 0) is 96.5 Å². The van der Waals surface area contributed by atoms with Crippen molar-refractivity contribution in [2.24, 2.45) is 0 Å². The number of fused-ring (bicyclic) bond motifs is 11. The minimum absolute atomic E-state index is 0.637. The molecule has 11 aromatic rings. The Labute approximate surface area is 329 Å². The van der Waals surface area contributed by atoms with E-state index in [4.69, 9.17) is 15.0 Å². The molecule has 0 aliphatic heterocycles. The van der Waals surface area contributed by atoms with Crippen molar-refractivity contribution in [3.63, 3.8) is 0 Å². The van der Waals surface area contributed by atoms with Crippen LogP contribution in [-0.4, -0.2) is 19.5 Å². The van der Waals surface area contributed by atoms with Gasteiger partial charge in [0.2, 0.25) is 0 Å². The molecule has 9 aromatic carbocycles. The molecule has 4 nitrogen and oxygen atoms in total. The van der Waals surface area contributed by atoms with Gasteiger partial charge in [-0.1, -0.05) is 152 Å². The van der Waals surface area contributed by atoms with Crippen LogP contribution in [0.4, 0.5) is 0 Å². The number of aromatic nitrogens is 4. The standard InChI is InChI=1S/C53H32N4/c1-2-14-34(15-3-1)51-54-52(56-53(55-51)37-26-25-33-13-4-5-16-36(33)31-37)35-27-29-38(30-28-35)57-32-46-41-19-8-11-22-44(41)49-42-20-9-6-17-39(42)40-18-7-10-21-43(40)50(49)45-23-12-24-47(57)48(45)46/h1-32H. The lowest BCUT2D eigenvalue weighted by Crippen LogP contribution is -2.00. The molecule has 12 rings (SSSR count). The normalized spacial score (nSPS) is 11.9. The first-order chi connectivity index (χ1) is 28.3. The summed E-state index contributed by atoms with van der Waals surface area (Å²) in [5, 5.41) is 8.70. The van der Waals surface area contributed by atoms with Crippen molar-refractivity contribution in [2.45, 2.75) is 0 Å². The number of hydrogen-bond acceptors (Lipinski definition) is 3. The zero-order chi connectivity index (χ0) is 37.5. The molecule has 0 N–H and O–H groups in total. The van der Waals surface area contributed by atoms with Crippen LogP contribution in [-0.2, 0) is 0 Å². The molecule has 0 unspecified atom stereocenters. The van der Waals surface area contributed by atoms with Crippen molar-refractivity contribution in [1.82, 2.24) is 19.5 Å². The molecule has 2 heterocycles. The molecule has 1 aliphatic carbocycles. The average molecular weight is 725 g/mol. The molecule has 0 fully saturated rings. The SMILES string of the molecule is c1ccc(-c2nc(-c3ccc(-n4cc5c6c(cccc64)-c4c(c6ccccc6c6ccccc46)-c4ccccc4-5)cc3)nc(-c3ccc4ccccc4c3)n2)cc1. The maximum atomic E-state index is 5.07. The van der Waals surface area contributed by atoms with Crippen molar-refractivity contribution < 1.29 is 0 Å². The smallest absolute Gasteiger partial charge is 0.164 e. The number of rotatable bonds is 4. The van der Waals surface area contributed by atoms with Gasteiger partial charge in [-0.25, -0.2) is 15.0 Å². The molecule has 57 heavy (non-hydrogen) atoms. The topological polar surface area (TPSA) is 43.6 Å². The first kappa shape index (κ1) is 31.6. The molecule has 2 aromatic heterocycles. The highest BCUT2D eigenvalue weighted by Gasteiger charge is 2.27. The van der Waals surface area contributed by atoms with Crippen molar-refractivity contribution >= 4 is 43.2 Å². The summed E-state index contributed by atoms with van der Waals surface area (Å²) < 4.78 is 2.34. The summed E-state index contributed by atoms with van der Waals surface area (Å²) in [6.45, 7) is 0. The Morgan fingerprint density at radius 3 is 1.58 bits per heavy atom. The second-order valence-corrected chi connectivity index (χ2v) is 14.8. The molecule has 0 radical (unpaired) electrons. The van der Waals surface area contributed by atoms with E-state index >= 15 is 0 Å². The Balaban J connectivity index is 1.03. The van der Waals surface area contributed by atoms with Gasteiger partial charge in [0.25, 0.3) is 0 Å². The van der Waals surface area contributed by atoms with Gasteiger partial charge in [0.15, 0.2) is 17.5 Å². The molecule has 4 heteroatoms. The molecule has 0 amide bonds. The third-order valence-electron chi connectivity index (χ3n) is 11.6. The Morgan fingerprint density at radius 2 is 0.860 bits per heavy atom. The van der Waals surface area contributed by atoms with E-state index in [9.17, 15) is 0 Å². The number of hydrogen-bond donors (Lipinski definition) is 0. The largest absolute Gasteiger partial charge is 0.316 e. The highest BCUT2D eigenvalue weighted by atomic mass is 15.0. The Hall–Kier alpha value is -7.69. The molecule has 0 saturated carbocycles. The van der Waals surface area contributed by atoms with Crippen LogP contribution in [0.15, 0.2) is 194 Å². The monoisotopic (exact) mass is 724 g/mol. The predicted octanol–water partition coefficient (Wildman–Crippen LogP) is 13.6. The summed E-state index contributed by atoms with van der Waals surface area (Å²) in [6, 6.07) is 67.0. The van der Waals surface area contributed by atoms with Gasteiger partial charge in [0.05, 0.1) is 5.52 Å². The minimum Gasteiger partial charge on any atom is -0.316 e. The Morgan fingerprint density at radius 1 is 0.333 bits per heavy atom. The van der Waals surface area contributed by atoms with Crippen molar-refractivity contribution in [3.8, 4) is 73.2 Å². The highest BCUT2D eigenvalue weighted by molar-refractivity contribution is 6.27. The highest BCUT2D eigenvalue weighted by Crippen LogP contribution is 2.53. The summed E-state index contributed by atoms with van der Waals surface area (Å²) in [6.07, 6.45) is 2.33. The molecular formula is C53H32N4. The summed E-state index contributed by atoms with van der Waals surface area (Å²) in [7, 11) is 0. The van der Waals surface area contributed by atoms with E-state index in [0.717, 1.165) is 27.8 Å². The van der Waals surface area contributed by atoms with Gasteiger partial charge in [0, 0.05) is 39.5 Å². The number of benzene rings is 9. The fourth-order valence-corrected chi connectivity index (χ4v) is 9.00. The second kappa shape index (κ2) is 12.4. The molecule has 1 aliphatic rings. The fourth-order valence-electron chi connectivity index (χ4n) is 9.00. The quantitative estimate of drug-likeness (QED) is 0.170. The first-order valence-electron chi connectivity index (χ1n) is 19.4. The Kier molecular flexibility index (Phi) is 6.89. The van der Waals surface area contributed by atoms with Gasteiger partial charge < -0.3 is 4.57 Å². The van der Waals surface area contributed by atoms with Gasteiger partial charge >= 0.3 is 0 Å². The van der Waals surface area contributed by atoms with E-state index in [0.29, 0.717) is 17.5 Å². The maximum Gasteiger partial charge on any atom is 0.164 e. The lowest BCUT2D eigenvalue weighted by molar-refractivity contribution is 1.07. The van der Waals surface area contributed by atoms with Crippen molar-refractivity contribution in [3.05, 3.63) is 194 Å². The van der Waals surface area contributed by atoms with Crippen LogP contribution in [0, 0.1) is 0 Å². The van der Waals surface area contributed by atoms with Crippen LogP contribution in [0.3, 0.4) is 0 Å². The molecule has 264 valence electrons. The first-order valence-corrected chi connectivity index (χ1v) is 19.4. The van der Waals surface area contributed by atoms with Crippen LogP contribution in [0.2, 0.25) is 0 Å². The lowest BCUT2D eigenvalue weighted by atomic mass is 9.85. The van der Waals surface area contributed by atoms with Crippen LogP contribution < -0.4 is 0 Å².